The highest BCUT2D eigenvalue weighted by molar-refractivity contribution is 5.53. The Kier molecular flexibility index (Phi) is 5.16. The first kappa shape index (κ1) is 15.3. The molecule has 0 bridgehead atoms. The van der Waals surface area contributed by atoms with Gasteiger partial charge in [0.05, 0.1) is 12.6 Å². The van der Waals surface area contributed by atoms with Crippen molar-refractivity contribution in [2.45, 2.75) is 46.4 Å². The summed E-state index contributed by atoms with van der Waals surface area (Å²) in [5.41, 5.74) is 0.873. The van der Waals surface area contributed by atoms with Gasteiger partial charge in [0, 0.05) is 11.7 Å². The lowest BCUT2D eigenvalue weighted by molar-refractivity contribution is 0.242. The van der Waals surface area contributed by atoms with E-state index in [0.717, 1.165) is 11.4 Å². The Labute approximate surface area is 124 Å². The van der Waals surface area contributed by atoms with E-state index in [9.17, 15) is 0 Å². The Bertz CT molecular complexity index is 549. The summed E-state index contributed by atoms with van der Waals surface area (Å²) in [6.45, 7) is 8.69. The van der Waals surface area contributed by atoms with Crippen LogP contribution in [-0.2, 0) is 6.54 Å². The Hall–Kier alpha value is -2.08. The number of ether oxygens (including phenoxy) is 1. The molecule has 114 valence electrons. The highest BCUT2D eigenvalue weighted by Crippen LogP contribution is 2.20. The van der Waals surface area contributed by atoms with Crippen LogP contribution in [0.3, 0.4) is 0 Å². The third-order valence-corrected chi connectivity index (χ3v) is 2.61. The first-order valence-electron chi connectivity index (χ1n) is 7.12. The smallest absolute Gasteiger partial charge is 0.320 e. The quantitative estimate of drug-likeness (QED) is 0.816. The monoisotopic (exact) mass is 290 g/mol. The van der Waals surface area contributed by atoms with E-state index in [-0.39, 0.29) is 6.10 Å². The fraction of sp³-hybridized carbons (Fsp3) is 0.467. The molecule has 0 saturated carbocycles. The molecular formula is C15H22N4O2. The molecule has 2 aromatic rings. The highest BCUT2D eigenvalue weighted by Gasteiger charge is 2.07. The van der Waals surface area contributed by atoms with Crippen molar-refractivity contribution in [1.82, 2.24) is 15.5 Å². The molecule has 0 aliphatic carbocycles. The molecule has 2 N–H and O–H groups in total. The number of hydrogen-bond acceptors (Lipinski definition) is 6. The average molecular weight is 290 g/mol. The molecule has 0 saturated heterocycles. The lowest BCUT2D eigenvalue weighted by atomic mass is 10.3. The van der Waals surface area contributed by atoms with Crippen molar-refractivity contribution in [3.8, 4) is 5.75 Å². The molecule has 0 atom stereocenters. The average Bonchev–Trinajstić information content (AvgIpc) is 2.86. The minimum Gasteiger partial charge on any atom is -0.491 e. The molecule has 0 aliphatic heterocycles. The van der Waals surface area contributed by atoms with Crippen LogP contribution in [0.1, 0.15) is 33.6 Å². The summed E-state index contributed by atoms with van der Waals surface area (Å²) < 4.78 is 11.1. The van der Waals surface area contributed by atoms with Gasteiger partial charge < -0.3 is 19.8 Å². The van der Waals surface area contributed by atoms with Gasteiger partial charge >= 0.3 is 6.01 Å². The Balaban J connectivity index is 1.92. The van der Waals surface area contributed by atoms with E-state index in [1.165, 1.54) is 0 Å². The predicted molar refractivity (Wildman–Crippen MR) is 81.8 cm³/mol. The van der Waals surface area contributed by atoms with Crippen molar-refractivity contribution in [2.24, 2.45) is 0 Å². The van der Waals surface area contributed by atoms with Gasteiger partial charge in [-0.3, -0.25) is 0 Å². The van der Waals surface area contributed by atoms with E-state index in [4.69, 9.17) is 9.15 Å². The molecule has 0 radical (unpaired) electrons. The zero-order valence-corrected chi connectivity index (χ0v) is 12.9. The minimum atomic E-state index is 0.163. The number of rotatable bonds is 7. The zero-order chi connectivity index (χ0) is 15.2. The maximum atomic E-state index is 5.59. The molecule has 0 fully saturated rings. The Morgan fingerprint density at radius 1 is 1.10 bits per heavy atom. The number of nitrogens with one attached hydrogen (secondary N) is 2. The number of aromatic nitrogens is 2. The van der Waals surface area contributed by atoms with E-state index in [1.807, 2.05) is 38.1 Å². The van der Waals surface area contributed by atoms with Crippen LogP contribution in [-0.4, -0.2) is 22.3 Å². The van der Waals surface area contributed by atoms with Gasteiger partial charge in [0.25, 0.3) is 0 Å². The maximum absolute atomic E-state index is 5.59. The van der Waals surface area contributed by atoms with Crippen LogP contribution < -0.4 is 15.4 Å². The summed E-state index contributed by atoms with van der Waals surface area (Å²) >= 11 is 0. The molecule has 1 heterocycles. The van der Waals surface area contributed by atoms with Crippen LogP contribution in [0.4, 0.5) is 11.7 Å². The first-order chi connectivity index (χ1) is 10.0. The second-order valence-electron chi connectivity index (χ2n) is 5.35. The van der Waals surface area contributed by atoms with Crippen molar-refractivity contribution in [3.63, 3.8) is 0 Å². The van der Waals surface area contributed by atoms with Gasteiger partial charge in [0.15, 0.2) is 0 Å². The topological polar surface area (TPSA) is 72.2 Å². The molecule has 1 aromatic heterocycles. The van der Waals surface area contributed by atoms with E-state index in [2.05, 4.69) is 34.7 Å². The van der Waals surface area contributed by atoms with E-state index >= 15 is 0 Å². The van der Waals surface area contributed by atoms with Gasteiger partial charge in [-0.05, 0) is 38.1 Å². The van der Waals surface area contributed by atoms with Crippen molar-refractivity contribution >= 4 is 11.7 Å². The molecule has 0 spiro atoms. The summed E-state index contributed by atoms with van der Waals surface area (Å²) in [4.78, 5) is 0. The lowest BCUT2D eigenvalue weighted by Gasteiger charge is -2.09. The predicted octanol–water partition coefficient (Wildman–Crippen LogP) is 3.10. The second kappa shape index (κ2) is 7.08. The van der Waals surface area contributed by atoms with Gasteiger partial charge in [-0.2, -0.15) is 0 Å². The van der Waals surface area contributed by atoms with E-state index in [0.29, 0.717) is 24.5 Å². The third-order valence-electron chi connectivity index (χ3n) is 2.61. The Morgan fingerprint density at radius 2 is 1.81 bits per heavy atom. The Morgan fingerprint density at radius 3 is 2.43 bits per heavy atom. The van der Waals surface area contributed by atoms with Crippen molar-refractivity contribution in [3.05, 3.63) is 30.2 Å². The number of benzene rings is 1. The fourth-order valence-electron chi connectivity index (χ4n) is 1.68. The summed E-state index contributed by atoms with van der Waals surface area (Å²) in [5, 5.41) is 14.2. The first-order valence-corrected chi connectivity index (χ1v) is 7.12. The maximum Gasteiger partial charge on any atom is 0.320 e. The molecule has 0 amide bonds. The minimum absolute atomic E-state index is 0.163. The van der Waals surface area contributed by atoms with E-state index < -0.39 is 0 Å². The molecule has 21 heavy (non-hydrogen) atoms. The zero-order valence-electron chi connectivity index (χ0n) is 12.9. The normalized spacial score (nSPS) is 11.1. The van der Waals surface area contributed by atoms with Gasteiger partial charge in [-0.1, -0.05) is 18.9 Å². The third kappa shape index (κ3) is 5.07. The van der Waals surface area contributed by atoms with E-state index in [1.54, 1.807) is 0 Å². The summed E-state index contributed by atoms with van der Waals surface area (Å²) in [5.74, 6) is 1.40. The van der Waals surface area contributed by atoms with Crippen molar-refractivity contribution in [2.75, 3.05) is 5.32 Å². The molecule has 0 aliphatic rings. The summed E-state index contributed by atoms with van der Waals surface area (Å²) in [6.07, 6.45) is 0.163. The second-order valence-corrected chi connectivity index (χ2v) is 5.35. The standard InChI is InChI=1S/C15H22N4O2/c1-10(2)16-9-14-18-19-15(21-14)17-12-5-7-13(8-6-12)20-11(3)4/h5-8,10-11,16H,9H2,1-4H3,(H,17,19). The lowest BCUT2D eigenvalue weighted by Crippen LogP contribution is -2.21. The molecule has 0 unspecified atom stereocenters. The van der Waals surface area contributed by atoms with Crippen LogP contribution in [0.25, 0.3) is 0 Å². The summed E-state index contributed by atoms with van der Waals surface area (Å²) in [7, 11) is 0. The molecule has 2 rings (SSSR count). The van der Waals surface area contributed by atoms with Gasteiger partial charge in [-0.15, -0.1) is 5.10 Å². The van der Waals surface area contributed by atoms with Crippen molar-refractivity contribution < 1.29 is 9.15 Å². The van der Waals surface area contributed by atoms with Gasteiger partial charge in [0.2, 0.25) is 5.89 Å². The van der Waals surface area contributed by atoms with Crippen molar-refractivity contribution in [1.29, 1.82) is 0 Å². The van der Waals surface area contributed by atoms with Crippen LogP contribution in [0, 0.1) is 0 Å². The fourth-order valence-corrected chi connectivity index (χ4v) is 1.68. The van der Waals surface area contributed by atoms with Crippen LogP contribution in [0.5, 0.6) is 5.75 Å². The van der Waals surface area contributed by atoms with Crippen LogP contribution in [0.2, 0.25) is 0 Å². The molecule has 1 aromatic carbocycles. The molecular weight excluding hydrogens is 268 g/mol. The van der Waals surface area contributed by atoms with Crippen LogP contribution in [0.15, 0.2) is 28.7 Å². The van der Waals surface area contributed by atoms with Crippen LogP contribution >= 0.6 is 0 Å². The largest absolute Gasteiger partial charge is 0.491 e. The van der Waals surface area contributed by atoms with Gasteiger partial charge in [-0.25, -0.2) is 0 Å². The molecule has 6 heteroatoms. The molecule has 6 nitrogen and oxygen atoms in total. The number of anilines is 2. The highest BCUT2D eigenvalue weighted by atomic mass is 16.5. The number of hydrogen-bond donors (Lipinski definition) is 2. The SMILES string of the molecule is CC(C)NCc1nnc(Nc2ccc(OC(C)C)cc2)o1. The summed E-state index contributed by atoms with van der Waals surface area (Å²) in [6, 6.07) is 8.39. The van der Waals surface area contributed by atoms with Gasteiger partial charge in [0.1, 0.15) is 5.75 Å². The number of nitrogens with zero attached hydrogens (tertiary/aromatic N) is 2.